The predicted octanol–water partition coefficient (Wildman–Crippen LogP) is 3.22. The molecule has 0 spiro atoms. The highest BCUT2D eigenvalue weighted by molar-refractivity contribution is 5.34. The molecular weight excluding hydrogens is 215 g/mol. The van der Waals surface area contributed by atoms with Crippen LogP contribution in [-0.4, -0.2) is 6.04 Å². The topological polar surface area (TPSA) is 35.8 Å². The van der Waals surface area contributed by atoms with Crippen LogP contribution in [0, 0.1) is 23.1 Å². The molecule has 0 radical (unpaired) electrons. The number of benzene rings is 1. The zero-order chi connectivity index (χ0) is 12.8. The summed E-state index contributed by atoms with van der Waals surface area (Å²) in [7, 11) is 0. The van der Waals surface area contributed by atoms with Crippen molar-refractivity contribution < 1.29 is 4.39 Å². The normalized spacial score (nSPS) is 14.1. The van der Waals surface area contributed by atoms with Gasteiger partial charge < -0.3 is 5.32 Å². The first-order chi connectivity index (χ1) is 8.10. The molecule has 0 bridgehead atoms. The van der Waals surface area contributed by atoms with Crippen molar-refractivity contribution in [3.63, 3.8) is 0 Å². The van der Waals surface area contributed by atoms with Gasteiger partial charge in [-0.25, -0.2) is 4.39 Å². The molecule has 1 N–H and O–H groups in total. The fourth-order valence-corrected chi connectivity index (χ4v) is 1.63. The molecule has 0 aliphatic carbocycles. The minimum absolute atomic E-state index is 0.112. The molecule has 0 aromatic heterocycles. The van der Waals surface area contributed by atoms with Crippen molar-refractivity contribution in [3.8, 4) is 6.07 Å². The standard InChI is InChI=1S/C14H19FN2/c1-4-10(2)11(3)17-9-13-7-5-6-12(8-16)14(13)15/h5-7,10-11,17H,4,9H2,1-3H3. The first kappa shape index (κ1) is 13.7. The van der Waals surface area contributed by atoms with Gasteiger partial charge in [0.15, 0.2) is 0 Å². The maximum absolute atomic E-state index is 13.7. The van der Waals surface area contributed by atoms with Crippen LogP contribution in [0.15, 0.2) is 18.2 Å². The van der Waals surface area contributed by atoms with E-state index in [1.54, 1.807) is 12.1 Å². The Kier molecular flexibility index (Phi) is 5.11. The van der Waals surface area contributed by atoms with Crippen LogP contribution in [0.2, 0.25) is 0 Å². The van der Waals surface area contributed by atoms with Gasteiger partial charge in [0.2, 0.25) is 0 Å². The third-order valence-electron chi connectivity index (χ3n) is 3.31. The Hall–Kier alpha value is -1.40. The highest BCUT2D eigenvalue weighted by Crippen LogP contribution is 2.13. The Balaban J connectivity index is 2.67. The SMILES string of the molecule is CCC(C)C(C)NCc1cccc(C#N)c1F. The molecule has 2 unspecified atom stereocenters. The molecule has 92 valence electrons. The molecular formula is C14H19FN2. The van der Waals surface area contributed by atoms with Gasteiger partial charge in [0, 0.05) is 18.2 Å². The predicted molar refractivity (Wildman–Crippen MR) is 66.9 cm³/mol. The van der Waals surface area contributed by atoms with E-state index >= 15 is 0 Å². The van der Waals surface area contributed by atoms with Crippen molar-refractivity contribution in [2.45, 2.75) is 39.8 Å². The van der Waals surface area contributed by atoms with Crippen LogP contribution in [0.3, 0.4) is 0 Å². The summed E-state index contributed by atoms with van der Waals surface area (Å²) in [5.74, 6) is 0.149. The zero-order valence-electron chi connectivity index (χ0n) is 10.6. The lowest BCUT2D eigenvalue weighted by Gasteiger charge is -2.20. The Morgan fingerprint density at radius 1 is 1.41 bits per heavy atom. The molecule has 3 heteroatoms. The molecule has 0 fully saturated rings. The number of nitriles is 1. The van der Waals surface area contributed by atoms with E-state index < -0.39 is 5.82 Å². The summed E-state index contributed by atoms with van der Waals surface area (Å²) in [5, 5.41) is 12.0. The molecule has 0 saturated carbocycles. The fourth-order valence-electron chi connectivity index (χ4n) is 1.63. The van der Waals surface area contributed by atoms with Crippen LogP contribution in [0.4, 0.5) is 4.39 Å². The maximum Gasteiger partial charge on any atom is 0.145 e. The molecule has 1 rings (SSSR count). The molecule has 0 amide bonds. The minimum Gasteiger partial charge on any atom is -0.310 e. The molecule has 2 nitrogen and oxygen atoms in total. The number of halogens is 1. The van der Waals surface area contributed by atoms with Crippen molar-refractivity contribution in [2.24, 2.45) is 5.92 Å². The molecule has 17 heavy (non-hydrogen) atoms. The number of nitrogens with one attached hydrogen (secondary N) is 1. The molecule has 2 atom stereocenters. The lowest BCUT2D eigenvalue weighted by molar-refractivity contribution is 0.386. The third-order valence-corrected chi connectivity index (χ3v) is 3.31. The second-order valence-corrected chi connectivity index (χ2v) is 4.45. The summed E-state index contributed by atoms with van der Waals surface area (Å²) >= 11 is 0. The number of nitrogens with zero attached hydrogens (tertiary/aromatic N) is 1. The van der Waals surface area contributed by atoms with Gasteiger partial charge in [-0.1, -0.05) is 32.4 Å². The van der Waals surface area contributed by atoms with E-state index in [2.05, 4.69) is 26.1 Å². The lowest BCUT2D eigenvalue weighted by atomic mass is 10.0. The van der Waals surface area contributed by atoms with Crippen molar-refractivity contribution in [1.29, 1.82) is 5.26 Å². The first-order valence-electron chi connectivity index (χ1n) is 6.01. The van der Waals surface area contributed by atoms with Crippen molar-refractivity contribution in [2.75, 3.05) is 0 Å². The van der Waals surface area contributed by atoms with Gasteiger partial charge in [-0.15, -0.1) is 0 Å². The van der Waals surface area contributed by atoms with Gasteiger partial charge in [-0.05, 0) is 18.9 Å². The number of hydrogen-bond acceptors (Lipinski definition) is 2. The Bertz CT molecular complexity index is 409. The van der Waals surface area contributed by atoms with Crippen molar-refractivity contribution in [1.82, 2.24) is 5.32 Å². The van der Waals surface area contributed by atoms with Crippen LogP contribution in [0.25, 0.3) is 0 Å². The molecule has 0 heterocycles. The van der Waals surface area contributed by atoms with Gasteiger partial charge >= 0.3 is 0 Å². The molecule has 0 aliphatic rings. The van der Waals surface area contributed by atoms with E-state index in [-0.39, 0.29) is 5.56 Å². The van der Waals surface area contributed by atoms with E-state index in [1.807, 2.05) is 6.07 Å². The Labute approximate surface area is 102 Å². The minimum atomic E-state index is -0.404. The van der Waals surface area contributed by atoms with Gasteiger partial charge in [0.1, 0.15) is 11.9 Å². The summed E-state index contributed by atoms with van der Waals surface area (Å²) in [6, 6.07) is 7.12. The van der Waals surface area contributed by atoms with Crippen LogP contribution in [-0.2, 0) is 6.54 Å². The van der Waals surface area contributed by atoms with Crippen molar-refractivity contribution in [3.05, 3.63) is 35.1 Å². The number of rotatable bonds is 5. The van der Waals surface area contributed by atoms with Crippen LogP contribution in [0.5, 0.6) is 0 Å². The first-order valence-corrected chi connectivity index (χ1v) is 6.01. The largest absolute Gasteiger partial charge is 0.310 e. The highest BCUT2D eigenvalue weighted by atomic mass is 19.1. The van der Waals surface area contributed by atoms with Gasteiger partial charge in [0.05, 0.1) is 5.56 Å². The van der Waals surface area contributed by atoms with E-state index in [0.717, 1.165) is 6.42 Å². The quantitative estimate of drug-likeness (QED) is 0.849. The summed E-state index contributed by atoms with van der Waals surface area (Å²) in [6.07, 6.45) is 1.09. The number of hydrogen-bond donors (Lipinski definition) is 1. The molecule has 0 aliphatic heterocycles. The highest BCUT2D eigenvalue weighted by Gasteiger charge is 2.11. The second kappa shape index (κ2) is 6.36. The summed E-state index contributed by atoms with van der Waals surface area (Å²) < 4.78 is 13.7. The van der Waals surface area contributed by atoms with Gasteiger partial charge in [-0.2, -0.15) is 5.26 Å². The molecule has 1 aromatic rings. The average Bonchev–Trinajstić information content (AvgIpc) is 2.36. The van der Waals surface area contributed by atoms with Crippen LogP contribution in [0.1, 0.15) is 38.3 Å². The van der Waals surface area contributed by atoms with Crippen LogP contribution < -0.4 is 5.32 Å². The van der Waals surface area contributed by atoms with E-state index in [9.17, 15) is 4.39 Å². The Morgan fingerprint density at radius 3 is 2.71 bits per heavy atom. The average molecular weight is 234 g/mol. The Morgan fingerprint density at radius 2 is 2.12 bits per heavy atom. The summed E-state index contributed by atoms with van der Waals surface area (Å²) in [4.78, 5) is 0. The summed E-state index contributed by atoms with van der Waals surface area (Å²) in [6.45, 7) is 6.87. The zero-order valence-corrected chi connectivity index (χ0v) is 10.6. The summed E-state index contributed by atoms with van der Waals surface area (Å²) in [5.41, 5.74) is 0.666. The van der Waals surface area contributed by atoms with Crippen molar-refractivity contribution >= 4 is 0 Å². The molecule has 1 aromatic carbocycles. The van der Waals surface area contributed by atoms with Gasteiger partial charge in [-0.3, -0.25) is 0 Å². The second-order valence-electron chi connectivity index (χ2n) is 4.45. The maximum atomic E-state index is 13.7. The van der Waals surface area contributed by atoms with E-state index in [1.165, 1.54) is 6.07 Å². The van der Waals surface area contributed by atoms with E-state index in [0.29, 0.717) is 24.1 Å². The lowest BCUT2D eigenvalue weighted by Crippen LogP contribution is -2.31. The van der Waals surface area contributed by atoms with Crippen LogP contribution >= 0.6 is 0 Å². The van der Waals surface area contributed by atoms with E-state index in [4.69, 9.17) is 5.26 Å². The monoisotopic (exact) mass is 234 g/mol. The smallest absolute Gasteiger partial charge is 0.145 e. The molecule has 0 saturated heterocycles. The third kappa shape index (κ3) is 3.54. The fraction of sp³-hybridized carbons (Fsp3) is 0.500. The van der Waals surface area contributed by atoms with Gasteiger partial charge in [0.25, 0.3) is 0 Å².